The van der Waals surface area contributed by atoms with Gasteiger partial charge < -0.3 is 29.5 Å². The average Bonchev–Trinajstić information content (AvgIpc) is 2.57. The predicted octanol–water partition coefficient (Wildman–Crippen LogP) is 2.31. The molecular weight excluding hydrogens is 330 g/mol. The van der Waals surface area contributed by atoms with Gasteiger partial charge in [0.2, 0.25) is 5.75 Å². The number of esters is 1. The van der Waals surface area contributed by atoms with Crippen molar-refractivity contribution >= 4 is 17.5 Å². The van der Waals surface area contributed by atoms with Gasteiger partial charge in [0.05, 0.1) is 26.9 Å². The van der Waals surface area contributed by atoms with E-state index in [0.29, 0.717) is 5.75 Å². The summed E-state index contributed by atoms with van der Waals surface area (Å²) in [6.45, 7) is 2.01. The number of hydrogen-bond donors (Lipinski definition) is 2. The smallest absolute Gasteiger partial charge is 0.342 e. The standard InChI is InChI=1S/C17H21NO7/c1-9(18)14(10(2)19)12(20)8-25-17(21)11-6-7-13(22-3)16(24-5)15(11)23-4/h6-7,18,20H,8H2,1-5H3/b14-12-,18-9?. The van der Waals surface area contributed by atoms with E-state index in [1.807, 2.05) is 0 Å². The second-order valence-corrected chi connectivity index (χ2v) is 4.96. The third-order valence-electron chi connectivity index (χ3n) is 3.28. The van der Waals surface area contributed by atoms with E-state index in [1.54, 1.807) is 0 Å². The van der Waals surface area contributed by atoms with Crippen LogP contribution in [0, 0.1) is 5.41 Å². The van der Waals surface area contributed by atoms with Crippen molar-refractivity contribution in [2.45, 2.75) is 13.8 Å². The molecule has 25 heavy (non-hydrogen) atoms. The number of ketones is 1. The summed E-state index contributed by atoms with van der Waals surface area (Å²) in [4.78, 5) is 23.7. The minimum atomic E-state index is -0.796. The molecule has 0 saturated carbocycles. The molecule has 8 nitrogen and oxygen atoms in total. The molecule has 0 aliphatic rings. The number of Topliss-reactive ketones (excluding diaryl/α,β-unsaturated/α-hetero) is 1. The topological polar surface area (TPSA) is 115 Å². The van der Waals surface area contributed by atoms with Gasteiger partial charge in [0, 0.05) is 5.71 Å². The Morgan fingerprint density at radius 1 is 1.04 bits per heavy atom. The molecule has 0 amide bonds. The molecule has 0 saturated heterocycles. The highest BCUT2D eigenvalue weighted by Crippen LogP contribution is 2.39. The number of aliphatic hydroxyl groups excluding tert-OH is 1. The molecule has 2 N–H and O–H groups in total. The predicted molar refractivity (Wildman–Crippen MR) is 90.1 cm³/mol. The maximum Gasteiger partial charge on any atom is 0.342 e. The Balaban J connectivity index is 3.12. The maximum absolute atomic E-state index is 12.3. The van der Waals surface area contributed by atoms with Crippen molar-refractivity contribution in [2.75, 3.05) is 27.9 Å². The molecule has 136 valence electrons. The third-order valence-corrected chi connectivity index (χ3v) is 3.28. The van der Waals surface area contributed by atoms with Crippen LogP contribution in [0.3, 0.4) is 0 Å². The fraction of sp³-hybridized carbons (Fsp3) is 0.353. The van der Waals surface area contributed by atoms with Crippen LogP contribution in [-0.4, -0.2) is 50.5 Å². The fourth-order valence-electron chi connectivity index (χ4n) is 2.23. The molecule has 1 rings (SSSR count). The van der Waals surface area contributed by atoms with Crippen LogP contribution in [0.1, 0.15) is 24.2 Å². The lowest BCUT2D eigenvalue weighted by molar-refractivity contribution is -0.113. The van der Waals surface area contributed by atoms with E-state index >= 15 is 0 Å². The van der Waals surface area contributed by atoms with E-state index in [9.17, 15) is 14.7 Å². The molecule has 0 bridgehead atoms. The van der Waals surface area contributed by atoms with Crippen molar-refractivity contribution in [3.05, 3.63) is 29.0 Å². The molecule has 0 aliphatic heterocycles. The van der Waals surface area contributed by atoms with Gasteiger partial charge in [0.15, 0.2) is 17.3 Å². The Labute approximate surface area is 145 Å². The normalized spacial score (nSPS) is 11.2. The second-order valence-electron chi connectivity index (χ2n) is 4.96. The van der Waals surface area contributed by atoms with Crippen LogP contribution < -0.4 is 14.2 Å². The molecular formula is C17H21NO7. The van der Waals surface area contributed by atoms with Crippen molar-refractivity contribution in [2.24, 2.45) is 0 Å². The van der Waals surface area contributed by atoms with Crippen molar-refractivity contribution in [3.8, 4) is 17.2 Å². The van der Waals surface area contributed by atoms with E-state index in [0.717, 1.165) is 0 Å². The minimum Gasteiger partial charge on any atom is -0.508 e. The molecule has 0 heterocycles. The summed E-state index contributed by atoms with van der Waals surface area (Å²) in [5, 5.41) is 17.4. The molecule has 0 fully saturated rings. The summed E-state index contributed by atoms with van der Waals surface area (Å²) >= 11 is 0. The first-order chi connectivity index (χ1) is 11.8. The summed E-state index contributed by atoms with van der Waals surface area (Å²) in [6, 6.07) is 2.94. The molecule has 1 aromatic rings. The largest absolute Gasteiger partial charge is 0.508 e. The molecule has 0 aliphatic carbocycles. The van der Waals surface area contributed by atoms with Crippen LogP contribution >= 0.6 is 0 Å². The van der Waals surface area contributed by atoms with Crippen molar-refractivity contribution in [3.63, 3.8) is 0 Å². The number of aliphatic hydroxyl groups is 1. The maximum atomic E-state index is 12.3. The van der Waals surface area contributed by atoms with Crippen LogP contribution in [-0.2, 0) is 9.53 Å². The minimum absolute atomic E-state index is 0.0592. The van der Waals surface area contributed by atoms with E-state index in [2.05, 4.69) is 0 Å². The molecule has 0 radical (unpaired) electrons. The Hall–Kier alpha value is -3.03. The average molecular weight is 351 g/mol. The monoisotopic (exact) mass is 351 g/mol. The number of ether oxygens (including phenoxy) is 4. The Morgan fingerprint density at radius 2 is 1.64 bits per heavy atom. The van der Waals surface area contributed by atoms with Crippen LogP contribution in [0.5, 0.6) is 17.2 Å². The molecule has 8 heteroatoms. The Morgan fingerprint density at radius 3 is 2.08 bits per heavy atom. The molecule has 0 unspecified atom stereocenters. The van der Waals surface area contributed by atoms with Gasteiger partial charge in [-0.25, -0.2) is 4.79 Å². The van der Waals surface area contributed by atoms with Gasteiger partial charge in [-0.05, 0) is 26.0 Å². The highest BCUT2D eigenvalue weighted by Gasteiger charge is 2.22. The third kappa shape index (κ3) is 4.50. The highest BCUT2D eigenvalue weighted by atomic mass is 16.5. The van der Waals surface area contributed by atoms with Crippen LogP contribution in [0.4, 0.5) is 0 Å². The zero-order chi connectivity index (χ0) is 19.1. The number of benzene rings is 1. The summed E-state index contributed by atoms with van der Waals surface area (Å²) < 4.78 is 20.5. The number of nitrogens with one attached hydrogen (secondary N) is 1. The molecule has 1 aromatic carbocycles. The SMILES string of the molecule is COc1ccc(C(=O)OC/C(O)=C(\C(C)=N)C(C)=O)c(OC)c1OC. The van der Waals surface area contributed by atoms with Gasteiger partial charge in [-0.1, -0.05) is 0 Å². The first-order valence-corrected chi connectivity index (χ1v) is 7.23. The number of methoxy groups -OCH3 is 3. The lowest BCUT2D eigenvalue weighted by Gasteiger charge is -2.15. The van der Waals surface area contributed by atoms with Gasteiger partial charge in [-0.2, -0.15) is 0 Å². The highest BCUT2D eigenvalue weighted by molar-refractivity contribution is 6.20. The molecule has 0 atom stereocenters. The zero-order valence-electron chi connectivity index (χ0n) is 14.8. The van der Waals surface area contributed by atoms with Gasteiger partial charge in [0.25, 0.3) is 0 Å². The van der Waals surface area contributed by atoms with Gasteiger partial charge in [-0.15, -0.1) is 0 Å². The van der Waals surface area contributed by atoms with Crippen molar-refractivity contribution < 1.29 is 33.6 Å². The van der Waals surface area contributed by atoms with E-state index in [-0.39, 0.29) is 28.3 Å². The zero-order valence-corrected chi connectivity index (χ0v) is 14.8. The Bertz CT molecular complexity index is 706. The van der Waals surface area contributed by atoms with Gasteiger partial charge in [0.1, 0.15) is 17.9 Å². The fourth-order valence-corrected chi connectivity index (χ4v) is 2.23. The summed E-state index contributed by atoms with van der Waals surface area (Å²) in [5.41, 5.74) is -0.249. The van der Waals surface area contributed by atoms with Crippen LogP contribution in [0.2, 0.25) is 0 Å². The number of carbonyl (C=O) groups excluding carboxylic acids is 2. The summed E-state index contributed by atoms with van der Waals surface area (Å²) in [7, 11) is 4.20. The number of allylic oxidation sites excluding steroid dienone is 1. The van der Waals surface area contributed by atoms with Gasteiger partial charge in [-0.3, -0.25) is 4.79 Å². The van der Waals surface area contributed by atoms with Crippen molar-refractivity contribution in [1.82, 2.24) is 0 Å². The number of carbonyl (C=O) groups is 2. The van der Waals surface area contributed by atoms with Crippen molar-refractivity contribution in [1.29, 1.82) is 5.41 Å². The van der Waals surface area contributed by atoms with Crippen LogP contribution in [0.15, 0.2) is 23.5 Å². The number of hydrogen-bond acceptors (Lipinski definition) is 8. The first kappa shape index (κ1) is 20.0. The van der Waals surface area contributed by atoms with Gasteiger partial charge >= 0.3 is 5.97 Å². The quantitative estimate of drug-likeness (QED) is 0.319. The van der Waals surface area contributed by atoms with E-state index in [4.69, 9.17) is 24.4 Å². The lowest BCUT2D eigenvalue weighted by Crippen LogP contribution is -2.15. The van der Waals surface area contributed by atoms with E-state index in [1.165, 1.54) is 47.3 Å². The van der Waals surface area contributed by atoms with E-state index < -0.39 is 24.1 Å². The summed E-state index contributed by atoms with van der Waals surface area (Å²) in [6.07, 6.45) is 0. The molecule has 0 aromatic heterocycles. The molecule has 0 spiro atoms. The summed E-state index contributed by atoms with van der Waals surface area (Å²) in [5.74, 6) is -1.08. The first-order valence-electron chi connectivity index (χ1n) is 7.23. The lowest BCUT2D eigenvalue weighted by atomic mass is 10.1. The number of rotatable bonds is 8. The van der Waals surface area contributed by atoms with Crippen LogP contribution in [0.25, 0.3) is 0 Å². The second kappa shape index (κ2) is 8.72. The Kier molecular flexibility index (Phi) is 6.98.